The normalized spacial score (nSPS) is 10.9. The van der Waals surface area contributed by atoms with E-state index in [2.05, 4.69) is 9.97 Å². The number of aryl methyl sites for hydroxylation is 1. The molecule has 0 bridgehead atoms. The van der Waals surface area contributed by atoms with E-state index in [1.165, 1.54) is 0 Å². The molecule has 100 valence electrons. The van der Waals surface area contributed by atoms with Crippen LogP contribution in [0.4, 0.5) is 4.39 Å². The number of benzene rings is 1. The lowest BCUT2D eigenvalue weighted by Gasteiger charge is -2.10. The van der Waals surface area contributed by atoms with Crippen molar-refractivity contribution in [3.63, 3.8) is 0 Å². The second-order valence-electron chi connectivity index (χ2n) is 4.60. The van der Waals surface area contributed by atoms with Gasteiger partial charge in [-0.1, -0.05) is 6.07 Å². The van der Waals surface area contributed by atoms with Crippen molar-refractivity contribution in [2.75, 3.05) is 0 Å². The highest BCUT2D eigenvalue weighted by Gasteiger charge is 2.16. The minimum atomic E-state index is -0.706. The van der Waals surface area contributed by atoms with Crippen LogP contribution >= 0.6 is 0 Å². The Balaban J connectivity index is 2.29. The van der Waals surface area contributed by atoms with Crippen LogP contribution in [0, 0.1) is 12.9 Å². The monoisotopic (exact) mass is 269 g/mol. The third-order valence-corrected chi connectivity index (χ3v) is 3.28. The van der Waals surface area contributed by atoms with Gasteiger partial charge in [0.15, 0.2) is 0 Å². The molecule has 5 heteroatoms. The molecule has 0 spiro atoms. The molecule has 0 saturated heterocycles. The van der Waals surface area contributed by atoms with Crippen LogP contribution in [0.1, 0.15) is 16.1 Å². The second-order valence-corrected chi connectivity index (χ2v) is 4.60. The number of aromatic nitrogens is 2. The van der Waals surface area contributed by atoms with Crippen LogP contribution in [0.3, 0.4) is 0 Å². The number of rotatable bonds is 2. The summed E-state index contributed by atoms with van der Waals surface area (Å²) in [4.78, 5) is 18.4. The molecule has 1 amide bonds. The predicted octanol–water partition coefficient (Wildman–Crippen LogP) is 2.78. The molecule has 2 aromatic heterocycles. The zero-order chi connectivity index (χ0) is 14.3. The summed E-state index contributed by atoms with van der Waals surface area (Å²) in [5.74, 6) is -1.37. The molecule has 0 aliphatic carbocycles. The second kappa shape index (κ2) is 4.45. The van der Waals surface area contributed by atoms with Crippen molar-refractivity contribution < 1.29 is 9.18 Å². The maximum absolute atomic E-state index is 13.4. The highest BCUT2D eigenvalue weighted by molar-refractivity contribution is 6.01. The lowest BCUT2D eigenvalue weighted by Crippen LogP contribution is -2.14. The molecule has 3 rings (SSSR count). The topological polar surface area (TPSA) is 71.8 Å². The van der Waals surface area contributed by atoms with Gasteiger partial charge in [-0.05, 0) is 36.1 Å². The Labute approximate surface area is 114 Å². The van der Waals surface area contributed by atoms with Gasteiger partial charge in [-0.25, -0.2) is 4.98 Å². The lowest BCUT2D eigenvalue weighted by atomic mass is 9.97. The average Bonchev–Trinajstić information content (AvgIpc) is 2.84. The highest BCUT2D eigenvalue weighted by atomic mass is 19.1. The van der Waals surface area contributed by atoms with E-state index >= 15 is 0 Å². The fourth-order valence-electron chi connectivity index (χ4n) is 2.40. The summed E-state index contributed by atoms with van der Waals surface area (Å²) < 4.78 is 13.4. The molecular formula is C15H12FN3O. The van der Waals surface area contributed by atoms with E-state index in [9.17, 15) is 9.18 Å². The van der Waals surface area contributed by atoms with E-state index < -0.39 is 11.9 Å². The average molecular weight is 269 g/mol. The van der Waals surface area contributed by atoms with E-state index in [0.29, 0.717) is 11.3 Å². The standard InChI is InChI=1S/C15H12FN3O/c1-8-14(11(15(17)20)7-13(16)19-8)10-2-3-12-9(6-10)4-5-18-12/h2-7,18H,1H3,(H2,17,20). The number of amides is 1. The van der Waals surface area contributed by atoms with Crippen molar-refractivity contribution in [1.29, 1.82) is 0 Å². The lowest BCUT2D eigenvalue weighted by molar-refractivity contribution is 0.1000. The SMILES string of the molecule is Cc1nc(F)cc(C(N)=O)c1-c1ccc2[nH]ccc2c1. The van der Waals surface area contributed by atoms with Gasteiger partial charge in [-0.3, -0.25) is 4.79 Å². The number of H-pyrrole nitrogens is 1. The van der Waals surface area contributed by atoms with E-state index in [-0.39, 0.29) is 5.56 Å². The summed E-state index contributed by atoms with van der Waals surface area (Å²) in [6.07, 6.45) is 1.83. The van der Waals surface area contributed by atoms with Crippen LogP contribution in [0.15, 0.2) is 36.5 Å². The summed E-state index contributed by atoms with van der Waals surface area (Å²) in [7, 11) is 0. The maximum Gasteiger partial charge on any atom is 0.249 e. The number of nitrogens with one attached hydrogen (secondary N) is 1. The molecule has 0 aliphatic rings. The first-order valence-corrected chi connectivity index (χ1v) is 6.11. The number of carbonyl (C=O) groups is 1. The van der Waals surface area contributed by atoms with Gasteiger partial charge in [-0.15, -0.1) is 0 Å². The Bertz CT molecular complexity index is 823. The fourth-order valence-corrected chi connectivity index (χ4v) is 2.40. The van der Waals surface area contributed by atoms with Gasteiger partial charge in [0.2, 0.25) is 11.9 Å². The summed E-state index contributed by atoms with van der Waals surface area (Å²) >= 11 is 0. The van der Waals surface area contributed by atoms with E-state index in [1.54, 1.807) is 6.92 Å². The molecule has 2 heterocycles. The molecule has 4 nitrogen and oxygen atoms in total. The number of aromatic amines is 1. The molecule has 1 aromatic carbocycles. The Morgan fingerprint density at radius 3 is 2.85 bits per heavy atom. The van der Waals surface area contributed by atoms with Crippen molar-refractivity contribution in [2.24, 2.45) is 5.73 Å². The van der Waals surface area contributed by atoms with Crippen LogP contribution in [0.25, 0.3) is 22.0 Å². The number of nitrogens with two attached hydrogens (primary N) is 1. The summed E-state index contributed by atoms with van der Waals surface area (Å²) in [6.45, 7) is 1.66. The largest absolute Gasteiger partial charge is 0.366 e. The number of fused-ring (bicyclic) bond motifs is 1. The van der Waals surface area contributed by atoms with Crippen molar-refractivity contribution in [3.05, 3.63) is 53.7 Å². The number of hydrogen-bond donors (Lipinski definition) is 2. The first kappa shape index (κ1) is 12.3. The first-order valence-electron chi connectivity index (χ1n) is 6.11. The minimum Gasteiger partial charge on any atom is -0.366 e. The molecule has 0 unspecified atom stereocenters. The van der Waals surface area contributed by atoms with Crippen LogP contribution in [-0.4, -0.2) is 15.9 Å². The van der Waals surface area contributed by atoms with Crippen LogP contribution < -0.4 is 5.73 Å². The van der Waals surface area contributed by atoms with Gasteiger partial charge in [0.05, 0.1) is 5.56 Å². The molecule has 0 aliphatic heterocycles. The van der Waals surface area contributed by atoms with Crippen LogP contribution in [0.2, 0.25) is 0 Å². The Morgan fingerprint density at radius 1 is 1.30 bits per heavy atom. The van der Waals surface area contributed by atoms with Crippen molar-refractivity contribution in [2.45, 2.75) is 6.92 Å². The zero-order valence-electron chi connectivity index (χ0n) is 10.8. The summed E-state index contributed by atoms with van der Waals surface area (Å²) in [5.41, 5.74) is 8.27. The van der Waals surface area contributed by atoms with Gasteiger partial charge < -0.3 is 10.7 Å². The fraction of sp³-hybridized carbons (Fsp3) is 0.0667. The Morgan fingerprint density at radius 2 is 2.10 bits per heavy atom. The summed E-state index contributed by atoms with van der Waals surface area (Å²) in [5, 5.41) is 1.00. The minimum absolute atomic E-state index is 0.143. The van der Waals surface area contributed by atoms with E-state index in [0.717, 1.165) is 22.5 Å². The molecule has 20 heavy (non-hydrogen) atoms. The molecule has 0 atom stereocenters. The number of primary amides is 1. The van der Waals surface area contributed by atoms with Gasteiger partial charge >= 0.3 is 0 Å². The number of nitrogens with zero attached hydrogens (tertiary/aromatic N) is 1. The summed E-state index contributed by atoms with van der Waals surface area (Å²) in [6, 6.07) is 8.67. The Hall–Kier alpha value is -2.69. The number of hydrogen-bond acceptors (Lipinski definition) is 2. The van der Waals surface area contributed by atoms with Crippen LogP contribution in [-0.2, 0) is 0 Å². The van der Waals surface area contributed by atoms with E-state index in [1.807, 2.05) is 30.5 Å². The predicted molar refractivity (Wildman–Crippen MR) is 74.7 cm³/mol. The Kier molecular flexibility index (Phi) is 2.75. The molecule has 0 radical (unpaired) electrons. The first-order chi connectivity index (χ1) is 9.56. The third-order valence-electron chi connectivity index (χ3n) is 3.28. The maximum atomic E-state index is 13.4. The van der Waals surface area contributed by atoms with E-state index in [4.69, 9.17) is 5.73 Å². The highest BCUT2D eigenvalue weighted by Crippen LogP contribution is 2.29. The van der Waals surface area contributed by atoms with Crippen molar-refractivity contribution in [3.8, 4) is 11.1 Å². The third kappa shape index (κ3) is 1.93. The van der Waals surface area contributed by atoms with Gasteiger partial charge in [0.25, 0.3) is 0 Å². The smallest absolute Gasteiger partial charge is 0.249 e. The molecule has 3 N–H and O–H groups in total. The molecule has 3 aromatic rings. The number of pyridine rings is 1. The van der Waals surface area contributed by atoms with Gasteiger partial charge in [0.1, 0.15) is 0 Å². The van der Waals surface area contributed by atoms with Gasteiger partial charge in [0, 0.05) is 29.0 Å². The number of halogens is 1. The van der Waals surface area contributed by atoms with Crippen molar-refractivity contribution in [1.82, 2.24) is 9.97 Å². The molecular weight excluding hydrogens is 257 g/mol. The van der Waals surface area contributed by atoms with Crippen LogP contribution in [0.5, 0.6) is 0 Å². The number of carbonyl (C=O) groups excluding carboxylic acids is 1. The quantitative estimate of drug-likeness (QED) is 0.702. The van der Waals surface area contributed by atoms with Crippen molar-refractivity contribution >= 4 is 16.8 Å². The van der Waals surface area contributed by atoms with Gasteiger partial charge in [-0.2, -0.15) is 4.39 Å². The molecule has 0 fully saturated rings. The zero-order valence-corrected chi connectivity index (χ0v) is 10.8. The molecule has 0 saturated carbocycles.